The molecule has 6 heterocycles. The third-order valence-corrected chi connectivity index (χ3v) is 10.0. The average molecular weight is 596 g/mol. The minimum Gasteiger partial charge on any atom is -0.394 e. The van der Waals surface area contributed by atoms with E-state index >= 15 is 0 Å². The molecule has 2 fully saturated rings. The van der Waals surface area contributed by atoms with Gasteiger partial charge < -0.3 is 50.2 Å². The molecule has 0 radical (unpaired) electrons. The second kappa shape index (κ2) is 10.1. The van der Waals surface area contributed by atoms with Crippen molar-refractivity contribution >= 4 is 52.3 Å². The number of nitrogens with one attached hydrogen (secondary N) is 1. The van der Waals surface area contributed by atoms with Gasteiger partial charge in [-0.05, 0) is 24.3 Å². The molecule has 17 nitrogen and oxygen atoms in total. The number of hydrogen-bond acceptors (Lipinski definition) is 14. The second-order valence-electron chi connectivity index (χ2n) is 9.53. The summed E-state index contributed by atoms with van der Waals surface area (Å²) in [5.74, 6) is 0.109. The molecular formula is C21H26N9O8PS. The quantitative estimate of drug-likeness (QED) is 0.118. The Kier molecular flexibility index (Phi) is 6.84. The van der Waals surface area contributed by atoms with E-state index in [1.54, 1.807) is 12.3 Å². The molecule has 214 valence electrons. The molecule has 8 atom stereocenters. The molecule has 6 rings (SSSR count). The number of aromatic nitrogens is 7. The van der Waals surface area contributed by atoms with Crippen molar-refractivity contribution in [2.24, 2.45) is 0 Å². The third-order valence-electron chi connectivity index (χ3n) is 7.09. The molecule has 2 aliphatic heterocycles. The van der Waals surface area contributed by atoms with Crippen molar-refractivity contribution in [1.29, 1.82) is 0 Å². The van der Waals surface area contributed by atoms with E-state index in [4.69, 9.17) is 37.3 Å². The SMILES string of the molecule is Nc1nc2c(ncn2[C@@H]2O[C@H](CO)C[C@H]2P(O)(=S)OC[C@H]2O[C@@H](n3ccc4c(N)ncnc43)[C@H](O)[C@@H]2O)c(=O)[nH]1. The first kappa shape index (κ1) is 27.1. The third kappa shape index (κ3) is 4.47. The summed E-state index contributed by atoms with van der Waals surface area (Å²) in [4.78, 5) is 42.3. The molecule has 40 heavy (non-hydrogen) atoms. The zero-order valence-corrected chi connectivity index (χ0v) is 22.3. The molecule has 0 amide bonds. The lowest BCUT2D eigenvalue weighted by atomic mass is 10.1. The monoisotopic (exact) mass is 595 g/mol. The molecule has 4 aromatic heterocycles. The van der Waals surface area contributed by atoms with E-state index < -0.39 is 54.6 Å². The first-order valence-electron chi connectivity index (χ1n) is 12.1. The summed E-state index contributed by atoms with van der Waals surface area (Å²) >= 11 is 5.52. The van der Waals surface area contributed by atoms with E-state index in [1.165, 1.54) is 21.8 Å². The van der Waals surface area contributed by atoms with Gasteiger partial charge in [-0.15, -0.1) is 0 Å². The number of ether oxygens (including phenoxy) is 2. The number of aromatic amines is 1. The van der Waals surface area contributed by atoms with Crippen LogP contribution in [0.25, 0.3) is 22.2 Å². The molecule has 0 spiro atoms. The summed E-state index contributed by atoms with van der Waals surface area (Å²) in [7, 11) is 0. The highest BCUT2D eigenvalue weighted by Gasteiger charge is 2.48. The highest BCUT2D eigenvalue weighted by Crippen LogP contribution is 2.57. The summed E-state index contributed by atoms with van der Waals surface area (Å²) in [6.07, 6.45) is -2.19. The van der Waals surface area contributed by atoms with Gasteiger partial charge in [0.05, 0.1) is 36.7 Å². The fourth-order valence-corrected chi connectivity index (χ4v) is 7.43. The van der Waals surface area contributed by atoms with Crippen LogP contribution in [-0.4, -0.2) is 97.6 Å². The number of hydrogen-bond donors (Lipinski definition) is 7. The highest BCUT2D eigenvalue weighted by molar-refractivity contribution is 8.09. The second-order valence-corrected chi connectivity index (χ2v) is 13.2. The van der Waals surface area contributed by atoms with Crippen LogP contribution >= 0.6 is 6.49 Å². The van der Waals surface area contributed by atoms with Gasteiger partial charge in [0.25, 0.3) is 5.56 Å². The average Bonchev–Trinajstić information content (AvgIpc) is 3.69. The number of aliphatic hydroxyl groups excluding tert-OH is 3. The Morgan fingerprint density at radius 2 is 1.95 bits per heavy atom. The lowest BCUT2D eigenvalue weighted by Gasteiger charge is -2.28. The Labute approximate surface area is 229 Å². The van der Waals surface area contributed by atoms with Gasteiger partial charge in [0, 0.05) is 6.20 Å². The summed E-state index contributed by atoms with van der Waals surface area (Å²) < 4.78 is 20.6. The van der Waals surface area contributed by atoms with Gasteiger partial charge >= 0.3 is 0 Å². The fourth-order valence-electron chi connectivity index (χ4n) is 5.09. The lowest BCUT2D eigenvalue weighted by molar-refractivity contribution is -0.0478. The zero-order valence-electron chi connectivity index (χ0n) is 20.6. The number of rotatable bonds is 7. The largest absolute Gasteiger partial charge is 0.394 e. The van der Waals surface area contributed by atoms with E-state index in [2.05, 4.69) is 24.9 Å². The first-order chi connectivity index (χ1) is 19.1. The molecule has 19 heteroatoms. The fraction of sp³-hybridized carbons (Fsp3) is 0.476. The standard InChI is InChI=1S/C21H26N9O8PS/c22-15-9-1-2-29(16(9)25-6-24-15)20-14(33)13(32)10(38-20)5-36-39(35,40)11-3-8(4-31)37-19(11)30-7-26-12-17(30)27-21(23)28-18(12)34/h1-2,6-8,10-11,13-14,19-20,31-33H,3-5H2,(H,35,40)(H2,22,24,25)(H3,23,27,28,34)/t8-,10+,11+,13+,14+,19+,20+,39?/m0/s1. The molecule has 4 aromatic rings. The Morgan fingerprint density at radius 3 is 2.73 bits per heavy atom. The molecule has 2 saturated heterocycles. The topological polar surface area (TPSA) is 255 Å². The summed E-state index contributed by atoms with van der Waals surface area (Å²) in [6.45, 7) is -4.45. The molecular weight excluding hydrogens is 569 g/mol. The van der Waals surface area contributed by atoms with Crippen LogP contribution in [0.4, 0.5) is 11.8 Å². The number of nitrogens with two attached hydrogens (primary N) is 2. The van der Waals surface area contributed by atoms with E-state index in [0.717, 1.165) is 0 Å². The van der Waals surface area contributed by atoms with Crippen LogP contribution in [0.1, 0.15) is 18.9 Å². The number of imidazole rings is 1. The van der Waals surface area contributed by atoms with Crippen molar-refractivity contribution in [3.63, 3.8) is 0 Å². The normalized spacial score (nSPS) is 30.4. The maximum atomic E-state index is 12.2. The van der Waals surface area contributed by atoms with Crippen molar-refractivity contribution in [3.8, 4) is 0 Å². The van der Waals surface area contributed by atoms with Crippen LogP contribution < -0.4 is 17.0 Å². The van der Waals surface area contributed by atoms with Crippen molar-refractivity contribution < 1.29 is 34.2 Å². The number of anilines is 2. The Balaban J connectivity index is 1.22. The molecule has 0 saturated carbocycles. The Morgan fingerprint density at radius 1 is 1.15 bits per heavy atom. The lowest BCUT2D eigenvalue weighted by Crippen LogP contribution is -2.34. The van der Waals surface area contributed by atoms with E-state index in [0.29, 0.717) is 11.0 Å². The van der Waals surface area contributed by atoms with Crippen molar-refractivity contribution in [2.75, 3.05) is 24.7 Å². The van der Waals surface area contributed by atoms with E-state index in [-0.39, 0.29) is 42.6 Å². The molecule has 1 unspecified atom stereocenters. The van der Waals surface area contributed by atoms with Gasteiger partial charge in [-0.3, -0.25) is 14.3 Å². The molecule has 0 bridgehead atoms. The van der Waals surface area contributed by atoms with Gasteiger partial charge in [-0.25, -0.2) is 15.0 Å². The van der Waals surface area contributed by atoms with Gasteiger partial charge in [0.1, 0.15) is 42.3 Å². The Bertz CT molecular complexity index is 1680. The summed E-state index contributed by atoms with van der Waals surface area (Å²) in [6, 6.07) is 1.67. The first-order valence-corrected chi connectivity index (χ1v) is 14.9. The minimum absolute atomic E-state index is 0.00299. The number of nitrogens with zero attached hydrogens (tertiary/aromatic N) is 6. The summed E-state index contributed by atoms with van der Waals surface area (Å²) in [5.41, 5.74) is 10.7. The van der Waals surface area contributed by atoms with Gasteiger partial charge in [0.2, 0.25) is 5.95 Å². The van der Waals surface area contributed by atoms with Crippen LogP contribution in [-0.2, 0) is 25.8 Å². The maximum Gasteiger partial charge on any atom is 0.280 e. The van der Waals surface area contributed by atoms with Crippen molar-refractivity contribution in [3.05, 3.63) is 35.3 Å². The van der Waals surface area contributed by atoms with Gasteiger partial charge in [-0.1, -0.05) is 0 Å². The van der Waals surface area contributed by atoms with E-state index in [1.807, 2.05) is 0 Å². The predicted molar refractivity (Wildman–Crippen MR) is 142 cm³/mol. The van der Waals surface area contributed by atoms with Crippen LogP contribution in [0.3, 0.4) is 0 Å². The van der Waals surface area contributed by atoms with Crippen LogP contribution in [0, 0.1) is 0 Å². The van der Waals surface area contributed by atoms with Crippen LogP contribution in [0.2, 0.25) is 0 Å². The van der Waals surface area contributed by atoms with Crippen molar-refractivity contribution in [1.82, 2.24) is 34.1 Å². The van der Waals surface area contributed by atoms with Crippen molar-refractivity contribution in [2.45, 2.75) is 49.0 Å². The molecule has 0 aromatic carbocycles. The number of fused-ring (bicyclic) bond motifs is 2. The Hall–Kier alpha value is -3.06. The van der Waals surface area contributed by atoms with Crippen LogP contribution in [0.5, 0.6) is 0 Å². The maximum absolute atomic E-state index is 12.2. The predicted octanol–water partition coefficient (Wildman–Crippen LogP) is -1.69. The summed E-state index contributed by atoms with van der Waals surface area (Å²) in [5, 5.41) is 31.8. The zero-order chi connectivity index (χ0) is 28.3. The van der Waals surface area contributed by atoms with Gasteiger partial charge in [0.15, 0.2) is 23.9 Å². The van der Waals surface area contributed by atoms with Crippen LogP contribution in [0.15, 0.2) is 29.7 Å². The van der Waals surface area contributed by atoms with Gasteiger partial charge in [-0.2, -0.15) is 4.98 Å². The number of aliphatic hydroxyl groups is 3. The van der Waals surface area contributed by atoms with E-state index in [9.17, 15) is 25.0 Å². The smallest absolute Gasteiger partial charge is 0.280 e. The number of H-pyrrole nitrogens is 1. The highest BCUT2D eigenvalue weighted by atomic mass is 32.5. The minimum atomic E-state index is -3.73. The molecule has 9 N–H and O–H groups in total. The molecule has 2 aliphatic rings. The molecule has 0 aliphatic carbocycles. The number of nitrogen functional groups attached to an aromatic ring is 2.